The summed E-state index contributed by atoms with van der Waals surface area (Å²) in [7, 11) is 0. The number of anilines is 1. The van der Waals surface area contributed by atoms with E-state index in [1.54, 1.807) is 12.1 Å². The van der Waals surface area contributed by atoms with Gasteiger partial charge >= 0.3 is 12.1 Å². The summed E-state index contributed by atoms with van der Waals surface area (Å²) in [6, 6.07) is 5.02. The van der Waals surface area contributed by atoms with Crippen molar-refractivity contribution in [1.82, 2.24) is 0 Å². The van der Waals surface area contributed by atoms with Gasteiger partial charge in [-0.25, -0.2) is 4.79 Å². The lowest BCUT2D eigenvalue weighted by molar-refractivity contribution is -0.385. The summed E-state index contributed by atoms with van der Waals surface area (Å²) < 4.78 is 49.1. The van der Waals surface area contributed by atoms with Gasteiger partial charge in [0.2, 0.25) is 0 Å². The van der Waals surface area contributed by atoms with Crippen LogP contribution in [0.4, 0.5) is 24.5 Å². The number of hydrogen-bond acceptors (Lipinski definition) is 6. The molecule has 1 aromatic carbocycles. The van der Waals surface area contributed by atoms with Crippen LogP contribution < -0.4 is 5.32 Å². The predicted octanol–water partition coefficient (Wildman–Crippen LogP) is 3.79. The van der Waals surface area contributed by atoms with Crippen molar-refractivity contribution in [2.45, 2.75) is 19.2 Å². The number of nitro benzene ring substituents is 1. The Bertz CT molecular complexity index is 906. The van der Waals surface area contributed by atoms with Gasteiger partial charge < -0.3 is 14.5 Å². The van der Waals surface area contributed by atoms with E-state index in [1.807, 2.05) is 5.32 Å². The Hall–Kier alpha value is -3.63. The van der Waals surface area contributed by atoms with Crippen LogP contribution in [0.25, 0.3) is 6.08 Å². The number of rotatable bonds is 6. The first-order valence-corrected chi connectivity index (χ1v) is 7.66. The summed E-state index contributed by atoms with van der Waals surface area (Å²) in [6.07, 6.45) is -2.73. The second kappa shape index (κ2) is 8.37. The summed E-state index contributed by atoms with van der Waals surface area (Å²) in [5.41, 5.74) is -2.88. The van der Waals surface area contributed by atoms with Crippen molar-refractivity contribution in [3.8, 4) is 0 Å². The van der Waals surface area contributed by atoms with Gasteiger partial charge in [-0.1, -0.05) is 0 Å². The Balaban J connectivity index is 2.08. The average molecular weight is 398 g/mol. The van der Waals surface area contributed by atoms with E-state index in [4.69, 9.17) is 9.15 Å². The molecule has 1 heterocycles. The van der Waals surface area contributed by atoms with E-state index in [1.165, 1.54) is 12.3 Å². The second-order valence-corrected chi connectivity index (χ2v) is 5.40. The summed E-state index contributed by atoms with van der Waals surface area (Å²) in [6.45, 7) is 1.16. The number of carbonyl (C=O) groups is 2. The maximum absolute atomic E-state index is 13.1. The first-order chi connectivity index (χ1) is 13.1. The van der Waals surface area contributed by atoms with Gasteiger partial charge in [0.25, 0.3) is 11.6 Å². The van der Waals surface area contributed by atoms with Gasteiger partial charge in [-0.3, -0.25) is 14.9 Å². The highest BCUT2D eigenvalue weighted by atomic mass is 19.4. The molecule has 11 heteroatoms. The Morgan fingerprint density at radius 3 is 2.61 bits per heavy atom. The van der Waals surface area contributed by atoms with Crippen molar-refractivity contribution in [2.75, 3.05) is 5.32 Å². The fourth-order valence-electron chi connectivity index (χ4n) is 2.03. The normalized spacial score (nSPS) is 12.6. The Morgan fingerprint density at radius 2 is 2.04 bits per heavy atom. The van der Waals surface area contributed by atoms with Crippen LogP contribution in [-0.2, 0) is 20.5 Å². The minimum absolute atomic E-state index is 0.304. The molecule has 0 aliphatic carbocycles. The molecule has 1 atom stereocenters. The molecule has 0 aliphatic heterocycles. The van der Waals surface area contributed by atoms with Crippen molar-refractivity contribution in [2.24, 2.45) is 0 Å². The zero-order valence-corrected chi connectivity index (χ0v) is 14.2. The number of nitrogens with zero attached hydrogens (tertiary/aromatic N) is 1. The number of alkyl halides is 3. The van der Waals surface area contributed by atoms with Gasteiger partial charge in [0.1, 0.15) is 5.76 Å². The third-order valence-corrected chi connectivity index (χ3v) is 3.37. The van der Waals surface area contributed by atoms with Crippen LogP contribution in [0.1, 0.15) is 18.2 Å². The van der Waals surface area contributed by atoms with Gasteiger partial charge in [-0.05, 0) is 31.2 Å². The van der Waals surface area contributed by atoms with Crippen LogP contribution in [0, 0.1) is 10.1 Å². The number of hydrogen-bond donors (Lipinski definition) is 1. The van der Waals surface area contributed by atoms with E-state index >= 15 is 0 Å². The van der Waals surface area contributed by atoms with Crippen LogP contribution in [0.3, 0.4) is 0 Å². The Labute approximate surface area is 155 Å². The van der Waals surface area contributed by atoms with Crippen molar-refractivity contribution < 1.29 is 36.8 Å². The molecule has 0 fully saturated rings. The lowest BCUT2D eigenvalue weighted by atomic mass is 10.1. The monoisotopic (exact) mass is 398 g/mol. The lowest BCUT2D eigenvalue weighted by Gasteiger charge is -2.16. The van der Waals surface area contributed by atoms with Gasteiger partial charge in [0.05, 0.1) is 22.4 Å². The fraction of sp³-hybridized carbons (Fsp3) is 0.176. The van der Waals surface area contributed by atoms with Crippen molar-refractivity contribution in [3.63, 3.8) is 0 Å². The molecule has 1 amide bonds. The standard InChI is InChI=1S/C17H13F3N2O6/c1-10(28-15(23)7-5-12-3-2-8-27-12)16(24)21-14-6-4-11(22(25)26)9-13(14)17(18,19)20/h2-10H,1H3,(H,21,24)/b7-5+/t10-/m1/s1. The molecule has 8 nitrogen and oxygen atoms in total. The highest BCUT2D eigenvalue weighted by Gasteiger charge is 2.36. The van der Waals surface area contributed by atoms with Crippen LogP contribution in [0.15, 0.2) is 47.1 Å². The molecule has 1 N–H and O–H groups in total. The maximum Gasteiger partial charge on any atom is 0.418 e. The van der Waals surface area contributed by atoms with E-state index in [-0.39, 0.29) is 0 Å². The van der Waals surface area contributed by atoms with Crippen LogP contribution in [0.2, 0.25) is 0 Å². The molecule has 0 bridgehead atoms. The van der Waals surface area contributed by atoms with Gasteiger partial charge in [-0.15, -0.1) is 0 Å². The van der Waals surface area contributed by atoms with Crippen molar-refractivity contribution >= 4 is 29.3 Å². The number of furan rings is 1. The Kier molecular flexibility index (Phi) is 6.18. The Morgan fingerprint density at radius 1 is 1.32 bits per heavy atom. The number of ether oxygens (including phenoxy) is 1. The van der Waals surface area contributed by atoms with E-state index < -0.39 is 46.0 Å². The quantitative estimate of drug-likeness (QED) is 0.343. The number of nitro groups is 1. The highest BCUT2D eigenvalue weighted by Crippen LogP contribution is 2.37. The smallest absolute Gasteiger partial charge is 0.418 e. The minimum Gasteiger partial charge on any atom is -0.465 e. The zero-order chi connectivity index (χ0) is 20.9. The molecule has 0 saturated heterocycles. The third-order valence-electron chi connectivity index (χ3n) is 3.37. The van der Waals surface area contributed by atoms with Gasteiger partial charge in [0.15, 0.2) is 6.10 Å². The van der Waals surface area contributed by atoms with Crippen molar-refractivity contribution in [3.05, 3.63) is 64.1 Å². The van der Waals surface area contributed by atoms with Crippen LogP contribution in [0.5, 0.6) is 0 Å². The molecule has 28 heavy (non-hydrogen) atoms. The molecule has 2 aromatic rings. The molecule has 0 spiro atoms. The van der Waals surface area contributed by atoms with Gasteiger partial charge in [0, 0.05) is 18.2 Å². The third kappa shape index (κ3) is 5.43. The molecular formula is C17H13F3N2O6. The number of amides is 1. The summed E-state index contributed by atoms with van der Waals surface area (Å²) in [5, 5.41) is 12.6. The number of carbonyl (C=O) groups excluding carboxylic acids is 2. The first-order valence-electron chi connectivity index (χ1n) is 7.66. The number of non-ortho nitro benzene ring substituents is 1. The zero-order valence-electron chi connectivity index (χ0n) is 14.2. The summed E-state index contributed by atoms with van der Waals surface area (Å²) in [5.74, 6) is -1.60. The number of benzene rings is 1. The van der Waals surface area contributed by atoms with E-state index in [2.05, 4.69) is 0 Å². The minimum atomic E-state index is -4.94. The lowest BCUT2D eigenvalue weighted by Crippen LogP contribution is -2.30. The molecular weight excluding hydrogens is 385 g/mol. The van der Waals surface area contributed by atoms with Crippen molar-refractivity contribution in [1.29, 1.82) is 0 Å². The second-order valence-electron chi connectivity index (χ2n) is 5.40. The van der Waals surface area contributed by atoms with E-state index in [0.717, 1.165) is 25.1 Å². The molecule has 0 unspecified atom stereocenters. The average Bonchev–Trinajstić information content (AvgIpc) is 3.12. The number of nitrogens with one attached hydrogen (secondary N) is 1. The number of esters is 1. The molecule has 0 radical (unpaired) electrons. The van der Waals surface area contributed by atoms with Crippen LogP contribution in [-0.4, -0.2) is 22.9 Å². The topological polar surface area (TPSA) is 112 Å². The maximum atomic E-state index is 13.1. The van der Waals surface area contributed by atoms with Crippen LogP contribution >= 0.6 is 0 Å². The first kappa shape index (κ1) is 20.7. The van der Waals surface area contributed by atoms with Gasteiger partial charge in [-0.2, -0.15) is 13.2 Å². The van der Waals surface area contributed by atoms with E-state index in [0.29, 0.717) is 11.8 Å². The molecule has 0 saturated carbocycles. The number of halogens is 3. The predicted molar refractivity (Wildman–Crippen MR) is 90.0 cm³/mol. The fourth-order valence-corrected chi connectivity index (χ4v) is 2.03. The van der Waals surface area contributed by atoms with E-state index in [9.17, 15) is 32.9 Å². The molecule has 148 valence electrons. The summed E-state index contributed by atoms with van der Waals surface area (Å²) in [4.78, 5) is 33.4. The SMILES string of the molecule is C[C@@H](OC(=O)/C=C/c1ccco1)C(=O)Nc1ccc([N+](=O)[O-])cc1C(F)(F)F. The summed E-state index contributed by atoms with van der Waals surface area (Å²) >= 11 is 0. The largest absolute Gasteiger partial charge is 0.465 e. The molecule has 0 aliphatic rings. The molecule has 1 aromatic heterocycles. The molecule has 2 rings (SSSR count). The highest BCUT2D eigenvalue weighted by molar-refractivity contribution is 5.97.